The third-order valence-corrected chi connectivity index (χ3v) is 4.96. The molecule has 0 spiro atoms. The average Bonchev–Trinajstić information content (AvgIpc) is 2.56. The van der Waals surface area contributed by atoms with Crippen LogP contribution >= 0.6 is 0 Å². The van der Waals surface area contributed by atoms with Crippen molar-refractivity contribution in [1.82, 2.24) is 10.0 Å². The van der Waals surface area contributed by atoms with Crippen LogP contribution in [-0.4, -0.2) is 20.9 Å². The number of aryl methyl sites for hydroxylation is 1. The lowest BCUT2D eigenvalue weighted by molar-refractivity contribution is 0.0950. The summed E-state index contributed by atoms with van der Waals surface area (Å²) in [5.74, 6) is -0.697. The predicted molar refractivity (Wildman–Crippen MR) is 89.6 cm³/mol. The summed E-state index contributed by atoms with van der Waals surface area (Å²) in [5.41, 5.74) is 1.51. The van der Waals surface area contributed by atoms with E-state index in [0.717, 1.165) is 5.56 Å². The lowest BCUT2D eigenvalue weighted by atomic mass is 10.1. The van der Waals surface area contributed by atoms with E-state index in [1.165, 1.54) is 30.3 Å². The van der Waals surface area contributed by atoms with Gasteiger partial charge in [0.15, 0.2) is 0 Å². The molecule has 7 heteroatoms. The highest BCUT2D eigenvalue weighted by Crippen LogP contribution is 2.12. The van der Waals surface area contributed by atoms with Crippen LogP contribution < -0.4 is 10.0 Å². The van der Waals surface area contributed by atoms with E-state index in [4.69, 9.17) is 0 Å². The third kappa shape index (κ3) is 4.39. The Balaban J connectivity index is 2.11. The van der Waals surface area contributed by atoms with Gasteiger partial charge in [0.2, 0.25) is 10.0 Å². The molecule has 5 nitrogen and oxygen atoms in total. The zero-order valence-electron chi connectivity index (χ0n) is 13.5. The van der Waals surface area contributed by atoms with Crippen molar-refractivity contribution in [2.24, 2.45) is 0 Å². The van der Waals surface area contributed by atoms with Crippen LogP contribution in [0.3, 0.4) is 0 Å². The third-order valence-electron chi connectivity index (χ3n) is 3.42. The highest BCUT2D eigenvalue weighted by atomic mass is 32.2. The van der Waals surface area contributed by atoms with Gasteiger partial charge in [0.1, 0.15) is 5.82 Å². The smallest absolute Gasteiger partial charge is 0.251 e. The first kappa shape index (κ1) is 18.1. The molecule has 0 aliphatic rings. The minimum Gasteiger partial charge on any atom is -0.348 e. The Morgan fingerprint density at radius 1 is 1.17 bits per heavy atom. The Bertz CT molecular complexity index is 851. The van der Waals surface area contributed by atoms with Crippen molar-refractivity contribution < 1.29 is 17.6 Å². The number of hydrogen-bond donors (Lipinski definition) is 2. The summed E-state index contributed by atoms with van der Waals surface area (Å²) in [5, 5.41) is 2.70. The number of rotatable bonds is 6. The molecule has 0 radical (unpaired) electrons. The van der Waals surface area contributed by atoms with Crippen LogP contribution in [0.2, 0.25) is 0 Å². The Hall–Kier alpha value is -2.25. The lowest BCUT2D eigenvalue weighted by Crippen LogP contribution is -2.25. The molecule has 0 aliphatic carbocycles. The van der Waals surface area contributed by atoms with Crippen molar-refractivity contribution in [1.29, 1.82) is 0 Å². The van der Waals surface area contributed by atoms with E-state index in [-0.39, 0.29) is 29.4 Å². The molecule has 0 aromatic heterocycles. The summed E-state index contributed by atoms with van der Waals surface area (Å²) in [6.45, 7) is 3.82. The SMILES string of the molecule is CCNS(=O)(=O)c1cccc(C(=O)NCc2ccc(F)c(C)c2)c1. The van der Waals surface area contributed by atoms with Gasteiger partial charge in [-0.1, -0.05) is 25.1 Å². The highest BCUT2D eigenvalue weighted by molar-refractivity contribution is 7.89. The van der Waals surface area contributed by atoms with Gasteiger partial charge in [-0.15, -0.1) is 0 Å². The van der Waals surface area contributed by atoms with Gasteiger partial charge >= 0.3 is 0 Å². The van der Waals surface area contributed by atoms with Crippen LogP contribution in [-0.2, 0) is 16.6 Å². The summed E-state index contributed by atoms with van der Waals surface area (Å²) >= 11 is 0. The Kier molecular flexibility index (Phi) is 5.69. The molecular formula is C17H19FN2O3S. The largest absolute Gasteiger partial charge is 0.348 e. The average molecular weight is 350 g/mol. The fourth-order valence-electron chi connectivity index (χ4n) is 2.18. The van der Waals surface area contributed by atoms with E-state index in [1.807, 2.05) is 0 Å². The summed E-state index contributed by atoms with van der Waals surface area (Å²) in [6, 6.07) is 10.4. The second-order valence-corrected chi connectivity index (χ2v) is 7.06. The van der Waals surface area contributed by atoms with Crippen LogP contribution in [0.15, 0.2) is 47.4 Å². The van der Waals surface area contributed by atoms with Gasteiger partial charge in [-0.25, -0.2) is 17.5 Å². The van der Waals surface area contributed by atoms with E-state index in [0.29, 0.717) is 5.56 Å². The monoisotopic (exact) mass is 350 g/mol. The first-order chi connectivity index (χ1) is 11.3. The molecular weight excluding hydrogens is 331 g/mol. The van der Waals surface area contributed by atoms with Gasteiger partial charge in [-0.05, 0) is 42.3 Å². The predicted octanol–water partition coefficient (Wildman–Crippen LogP) is 2.36. The van der Waals surface area contributed by atoms with Crippen LogP contribution in [0.4, 0.5) is 4.39 Å². The van der Waals surface area contributed by atoms with Crippen molar-refractivity contribution in [2.75, 3.05) is 6.54 Å². The maximum Gasteiger partial charge on any atom is 0.251 e. The number of carbonyl (C=O) groups excluding carboxylic acids is 1. The van der Waals surface area contributed by atoms with Gasteiger partial charge < -0.3 is 5.32 Å². The maximum atomic E-state index is 13.2. The second-order valence-electron chi connectivity index (χ2n) is 5.30. The molecule has 0 unspecified atom stereocenters. The van der Waals surface area contributed by atoms with Gasteiger partial charge in [0.25, 0.3) is 5.91 Å². The number of halogens is 1. The molecule has 0 atom stereocenters. The van der Waals surface area contributed by atoms with E-state index in [1.54, 1.807) is 26.0 Å². The molecule has 2 aromatic carbocycles. The number of benzene rings is 2. The van der Waals surface area contributed by atoms with Crippen molar-refractivity contribution in [3.05, 3.63) is 65.0 Å². The van der Waals surface area contributed by atoms with Gasteiger partial charge in [0.05, 0.1) is 4.90 Å². The number of nitrogens with one attached hydrogen (secondary N) is 2. The Labute approximate surface area is 141 Å². The van der Waals surface area contributed by atoms with Gasteiger partial charge in [-0.2, -0.15) is 0 Å². The molecule has 0 fully saturated rings. The summed E-state index contributed by atoms with van der Waals surface area (Å²) in [7, 11) is -3.62. The quantitative estimate of drug-likeness (QED) is 0.840. The molecule has 0 heterocycles. The molecule has 0 aliphatic heterocycles. The molecule has 1 amide bonds. The first-order valence-electron chi connectivity index (χ1n) is 7.46. The topological polar surface area (TPSA) is 75.3 Å². The Morgan fingerprint density at radius 3 is 2.58 bits per heavy atom. The van der Waals surface area contributed by atoms with E-state index < -0.39 is 15.9 Å². The van der Waals surface area contributed by atoms with Crippen LogP contribution in [0.25, 0.3) is 0 Å². The molecule has 2 N–H and O–H groups in total. The van der Waals surface area contributed by atoms with E-state index >= 15 is 0 Å². The molecule has 0 bridgehead atoms. The molecule has 2 rings (SSSR count). The van der Waals surface area contributed by atoms with Crippen molar-refractivity contribution in [3.8, 4) is 0 Å². The van der Waals surface area contributed by atoms with Crippen molar-refractivity contribution in [3.63, 3.8) is 0 Å². The molecule has 128 valence electrons. The molecule has 2 aromatic rings. The standard InChI is InChI=1S/C17H19FN2O3S/c1-3-20-24(22,23)15-6-4-5-14(10-15)17(21)19-11-13-7-8-16(18)12(2)9-13/h4-10,20H,3,11H2,1-2H3,(H,19,21). The van der Waals surface area contributed by atoms with E-state index in [9.17, 15) is 17.6 Å². The Morgan fingerprint density at radius 2 is 1.92 bits per heavy atom. The minimum atomic E-state index is -3.62. The summed E-state index contributed by atoms with van der Waals surface area (Å²) in [6.07, 6.45) is 0. The normalized spacial score (nSPS) is 11.3. The van der Waals surface area contributed by atoms with Crippen LogP contribution in [0.5, 0.6) is 0 Å². The van der Waals surface area contributed by atoms with Crippen LogP contribution in [0, 0.1) is 12.7 Å². The highest BCUT2D eigenvalue weighted by Gasteiger charge is 2.15. The number of sulfonamides is 1. The van der Waals surface area contributed by atoms with E-state index in [2.05, 4.69) is 10.0 Å². The molecule has 0 saturated heterocycles. The van der Waals surface area contributed by atoms with Crippen molar-refractivity contribution >= 4 is 15.9 Å². The van der Waals surface area contributed by atoms with Gasteiger partial charge in [-0.3, -0.25) is 4.79 Å². The zero-order valence-corrected chi connectivity index (χ0v) is 14.3. The van der Waals surface area contributed by atoms with Crippen LogP contribution in [0.1, 0.15) is 28.4 Å². The zero-order chi connectivity index (χ0) is 17.7. The summed E-state index contributed by atoms with van der Waals surface area (Å²) in [4.78, 5) is 12.2. The van der Waals surface area contributed by atoms with Gasteiger partial charge in [0, 0.05) is 18.7 Å². The minimum absolute atomic E-state index is 0.0367. The number of hydrogen-bond acceptors (Lipinski definition) is 3. The molecule has 24 heavy (non-hydrogen) atoms. The maximum absolute atomic E-state index is 13.2. The summed E-state index contributed by atoms with van der Waals surface area (Å²) < 4.78 is 39.6. The number of carbonyl (C=O) groups is 1. The molecule has 0 saturated carbocycles. The fourth-order valence-corrected chi connectivity index (χ4v) is 3.27. The van der Waals surface area contributed by atoms with Crippen molar-refractivity contribution in [2.45, 2.75) is 25.3 Å². The first-order valence-corrected chi connectivity index (χ1v) is 8.95. The lowest BCUT2D eigenvalue weighted by Gasteiger charge is -2.09. The second kappa shape index (κ2) is 7.55. The fraction of sp³-hybridized carbons (Fsp3) is 0.235. The number of amides is 1.